The highest BCUT2D eigenvalue weighted by Crippen LogP contribution is 2.05. The van der Waals surface area contributed by atoms with Gasteiger partial charge in [0, 0.05) is 18.8 Å². The Kier molecular flexibility index (Phi) is 4.44. The van der Waals surface area contributed by atoms with Gasteiger partial charge in [-0.1, -0.05) is 13.8 Å². The average molecular weight is 260 g/mol. The third-order valence-corrected chi connectivity index (χ3v) is 3.74. The molecule has 1 unspecified atom stereocenters. The number of aliphatic hydroxyl groups is 1. The lowest BCUT2D eigenvalue weighted by Crippen LogP contribution is -2.34. The van der Waals surface area contributed by atoms with Crippen LogP contribution in [-0.2, 0) is 10.0 Å². The van der Waals surface area contributed by atoms with Gasteiger partial charge >= 0.3 is 0 Å². The van der Waals surface area contributed by atoms with E-state index >= 15 is 0 Å². The lowest BCUT2D eigenvalue weighted by Gasteiger charge is -2.15. The molecule has 0 spiro atoms. The SMILES string of the molecule is CC(C)C(O)CNS(=O)(=O)c1ccc(=O)[nH]c1. The molecule has 0 aromatic carbocycles. The van der Waals surface area contributed by atoms with E-state index in [0.717, 1.165) is 12.3 Å². The maximum atomic E-state index is 11.7. The van der Waals surface area contributed by atoms with E-state index in [9.17, 15) is 18.3 Å². The summed E-state index contributed by atoms with van der Waals surface area (Å²) in [6.45, 7) is 3.52. The number of hydrogen-bond donors (Lipinski definition) is 3. The van der Waals surface area contributed by atoms with Crippen molar-refractivity contribution in [3.8, 4) is 0 Å². The molecule has 0 amide bonds. The summed E-state index contributed by atoms with van der Waals surface area (Å²) in [5.74, 6) is -0.0340. The third-order valence-electron chi connectivity index (χ3n) is 2.32. The van der Waals surface area contributed by atoms with Gasteiger partial charge in [-0.05, 0) is 12.0 Å². The van der Waals surface area contributed by atoms with Crippen molar-refractivity contribution < 1.29 is 13.5 Å². The summed E-state index contributed by atoms with van der Waals surface area (Å²) in [6, 6.07) is 2.34. The van der Waals surface area contributed by atoms with Gasteiger partial charge in [-0.3, -0.25) is 4.79 Å². The van der Waals surface area contributed by atoms with Crippen molar-refractivity contribution in [1.82, 2.24) is 9.71 Å². The molecule has 0 radical (unpaired) electrons. The van der Waals surface area contributed by atoms with Crippen molar-refractivity contribution in [1.29, 1.82) is 0 Å². The Balaban J connectivity index is 2.76. The van der Waals surface area contributed by atoms with Crippen LogP contribution in [0.4, 0.5) is 0 Å². The van der Waals surface area contributed by atoms with E-state index in [1.54, 1.807) is 13.8 Å². The second kappa shape index (κ2) is 5.44. The lowest BCUT2D eigenvalue weighted by molar-refractivity contribution is 0.129. The number of aliphatic hydroxyl groups excluding tert-OH is 1. The van der Waals surface area contributed by atoms with E-state index < -0.39 is 16.1 Å². The van der Waals surface area contributed by atoms with Crippen LogP contribution in [0.5, 0.6) is 0 Å². The fraction of sp³-hybridized carbons (Fsp3) is 0.500. The topological polar surface area (TPSA) is 99.3 Å². The predicted octanol–water partition coefficient (Wildman–Crippen LogP) is -0.330. The first-order chi connectivity index (χ1) is 7.83. The van der Waals surface area contributed by atoms with Crippen LogP contribution in [0.3, 0.4) is 0 Å². The van der Waals surface area contributed by atoms with Gasteiger partial charge in [-0.2, -0.15) is 0 Å². The summed E-state index contributed by atoms with van der Waals surface area (Å²) in [4.78, 5) is 13.0. The summed E-state index contributed by atoms with van der Waals surface area (Å²) in [7, 11) is -3.69. The normalized spacial score (nSPS) is 13.9. The van der Waals surface area contributed by atoms with Crippen molar-refractivity contribution in [2.45, 2.75) is 24.8 Å². The standard InChI is InChI=1S/C10H16N2O4S/c1-7(2)9(13)6-12-17(15,16)8-3-4-10(14)11-5-8/h3-5,7,9,12-13H,6H2,1-2H3,(H,11,14). The van der Waals surface area contributed by atoms with Crippen molar-refractivity contribution >= 4 is 10.0 Å². The van der Waals surface area contributed by atoms with E-state index in [4.69, 9.17) is 0 Å². The molecule has 17 heavy (non-hydrogen) atoms. The number of aromatic amines is 1. The molecule has 0 aliphatic heterocycles. The first-order valence-electron chi connectivity index (χ1n) is 5.19. The Morgan fingerprint density at radius 2 is 2.06 bits per heavy atom. The molecule has 1 heterocycles. The molecule has 1 rings (SSSR count). The number of rotatable bonds is 5. The molecule has 0 aliphatic carbocycles. The molecular formula is C10H16N2O4S. The molecule has 1 atom stereocenters. The molecule has 0 saturated heterocycles. The Morgan fingerprint density at radius 1 is 1.41 bits per heavy atom. The molecule has 3 N–H and O–H groups in total. The number of nitrogens with one attached hydrogen (secondary N) is 2. The van der Waals surface area contributed by atoms with Crippen molar-refractivity contribution in [3.05, 3.63) is 28.7 Å². The minimum Gasteiger partial charge on any atom is -0.391 e. The zero-order valence-electron chi connectivity index (χ0n) is 9.67. The lowest BCUT2D eigenvalue weighted by atomic mass is 10.1. The van der Waals surface area contributed by atoms with E-state index in [1.807, 2.05) is 0 Å². The highest BCUT2D eigenvalue weighted by molar-refractivity contribution is 7.89. The van der Waals surface area contributed by atoms with Crippen molar-refractivity contribution in [3.63, 3.8) is 0 Å². The zero-order chi connectivity index (χ0) is 13.1. The van der Waals surface area contributed by atoms with Gasteiger partial charge in [0.25, 0.3) is 0 Å². The molecule has 0 aliphatic rings. The Hall–Kier alpha value is -1.18. The minimum absolute atomic E-state index is 0.0340. The highest BCUT2D eigenvalue weighted by atomic mass is 32.2. The van der Waals surface area contributed by atoms with Gasteiger partial charge in [0.05, 0.1) is 11.0 Å². The fourth-order valence-electron chi connectivity index (χ4n) is 1.08. The maximum Gasteiger partial charge on any atom is 0.247 e. The summed E-state index contributed by atoms with van der Waals surface area (Å²) in [5.41, 5.74) is -0.369. The molecule has 7 heteroatoms. The first kappa shape index (κ1) is 13.9. The number of sulfonamides is 1. The van der Waals surface area contributed by atoms with Crippen LogP contribution in [0.25, 0.3) is 0 Å². The summed E-state index contributed by atoms with van der Waals surface area (Å²) in [5, 5.41) is 9.50. The summed E-state index contributed by atoms with van der Waals surface area (Å²) in [6.07, 6.45) is 0.374. The minimum atomic E-state index is -3.69. The number of hydrogen-bond acceptors (Lipinski definition) is 4. The molecule has 0 saturated carbocycles. The summed E-state index contributed by atoms with van der Waals surface area (Å²) < 4.78 is 25.7. The van der Waals surface area contributed by atoms with Gasteiger partial charge in [0.15, 0.2) is 0 Å². The molecule has 6 nitrogen and oxygen atoms in total. The van der Waals surface area contributed by atoms with Gasteiger partial charge in [0.1, 0.15) is 0 Å². The monoisotopic (exact) mass is 260 g/mol. The molecule has 96 valence electrons. The van der Waals surface area contributed by atoms with Gasteiger partial charge < -0.3 is 10.1 Å². The number of H-pyrrole nitrogens is 1. The number of pyridine rings is 1. The zero-order valence-corrected chi connectivity index (χ0v) is 10.5. The predicted molar refractivity (Wildman–Crippen MR) is 63.1 cm³/mol. The van der Waals surface area contributed by atoms with Crippen LogP contribution >= 0.6 is 0 Å². The van der Waals surface area contributed by atoms with E-state index in [2.05, 4.69) is 9.71 Å². The van der Waals surface area contributed by atoms with E-state index in [-0.39, 0.29) is 22.9 Å². The van der Waals surface area contributed by atoms with Crippen LogP contribution in [0.1, 0.15) is 13.8 Å². The van der Waals surface area contributed by atoms with Gasteiger partial charge in [-0.15, -0.1) is 0 Å². The molecule has 0 fully saturated rings. The van der Waals surface area contributed by atoms with Crippen molar-refractivity contribution in [2.24, 2.45) is 5.92 Å². The molecular weight excluding hydrogens is 244 g/mol. The van der Waals surface area contributed by atoms with E-state index in [0.29, 0.717) is 0 Å². The highest BCUT2D eigenvalue weighted by Gasteiger charge is 2.17. The Bertz CT molecular complexity index is 501. The molecule has 1 aromatic rings. The average Bonchev–Trinajstić information content (AvgIpc) is 2.26. The fourth-order valence-corrected chi connectivity index (χ4v) is 2.10. The number of aromatic nitrogens is 1. The molecule has 0 bridgehead atoms. The second-order valence-corrected chi connectivity index (χ2v) is 5.82. The largest absolute Gasteiger partial charge is 0.391 e. The third kappa shape index (κ3) is 3.95. The van der Waals surface area contributed by atoms with Gasteiger partial charge in [-0.25, -0.2) is 13.1 Å². The quantitative estimate of drug-likeness (QED) is 0.675. The smallest absolute Gasteiger partial charge is 0.247 e. The second-order valence-electron chi connectivity index (χ2n) is 4.05. The Labute approximate surface area is 99.7 Å². The van der Waals surface area contributed by atoms with E-state index in [1.165, 1.54) is 6.07 Å². The van der Waals surface area contributed by atoms with Crippen LogP contribution in [0, 0.1) is 5.92 Å². The van der Waals surface area contributed by atoms with Crippen molar-refractivity contribution in [2.75, 3.05) is 6.54 Å². The summed E-state index contributed by atoms with van der Waals surface area (Å²) >= 11 is 0. The van der Waals surface area contributed by atoms with Crippen LogP contribution in [-0.4, -0.2) is 31.2 Å². The van der Waals surface area contributed by atoms with Crippen LogP contribution in [0.2, 0.25) is 0 Å². The maximum absolute atomic E-state index is 11.7. The molecule has 1 aromatic heterocycles. The van der Waals surface area contributed by atoms with Gasteiger partial charge in [0.2, 0.25) is 15.6 Å². The van der Waals surface area contributed by atoms with Crippen LogP contribution in [0.15, 0.2) is 28.0 Å². The first-order valence-corrected chi connectivity index (χ1v) is 6.67. The van der Waals surface area contributed by atoms with Crippen LogP contribution < -0.4 is 10.3 Å². The Morgan fingerprint density at radius 3 is 2.53 bits per heavy atom.